The van der Waals surface area contributed by atoms with Crippen LogP contribution in [0, 0.1) is 23.8 Å². The lowest BCUT2D eigenvalue weighted by Gasteiger charge is -2.18. The van der Waals surface area contributed by atoms with Crippen LogP contribution in [0.15, 0.2) is 84.0 Å². The Balaban J connectivity index is 1.57. The molecule has 0 unspecified atom stereocenters. The number of nitrogens with zero attached hydrogens (tertiary/aromatic N) is 2. The molecule has 0 spiro atoms. The quantitative estimate of drug-likeness (QED) is 0.176. The number of hydrogen-bond acceptors (Lipinski definition) is 2. The summed E-state index contributed by atoms with van der Waals surface area (Å²) in [6.45, 7) is 2.02. The third-order valence-electron chi connectivity index (χ3n) is 6.20. The molecular formula is C28H21ClF2N2O. The minimum atomic E-state index is -0.888. The van der Waals surface area contributed by atoms with Crippen LogP contribution in [0.3, 0.4) is 0 Å². The minimum absolute atomic E-state index is 0.127. The SMILES string of the molecule is Cc1ccc2c(c1)N=C([C@@H](Cc1ccccc1)c1ccc(-c3c(F)ccc(Cl)c3F)c[n+]1[O-])C2. The van der Waals surface area contributed by atoms with Crippen molar-refractivity contribution in [1.29, 1.82) is 0 Å². The molecule has 1 aliphatic rings. The molecule has 170 valence electrons. The fourth-order valence-electron chi connectivity index (χ4n) is 4.46. The molecule has 1 aromatic heterocycles. The third-order valence-corrected chi connectivity index (χ3v) is 6.49. The van der Waals surface area contributed by atoms with Crippen molar-refractivity contribution in [1.82, 2.24) is 0 Å². The summed E-state index contributed by atoms with van der Waals surface area (Å²) in [6, 6.07) is 21.5. The fraction of sp³-hybridized carbons (Fsp3) is 0.143. The molecule has 0 saturated heterocycles. The standard InChI is InChI=1S/C28H21ClF2N2O/c1-17-7-8-19-15-25(32-24(19)13-17)21(14-18-5-3-2-4-6-18)26-12-9-20(16-33(26)34)27-23(30)11-10-22(29)28(27)31/h2-13,16,21H,14-15H2,1H3/t21-/m1/s1. The van der Waals surface area contributed by atoms with Gasteiger partial charge >= 0.3 is 0 Å². The van der Waals surface area contributed by atoms with Gasteiger partial charge in [0, 0.05) is 18.2 Å². The first kappa shape index (κ1) is 22.2. The van der Waals surface area contributed by atoms with Gasteiger partial charge in [-0.15, -0.1) is 0 Å². The number of aliphatic imine (C=N–C) groups is 1. The van der Waals surface area contributed by atoms with Gasteiger partial charge in [-0.25, -0.2) is 8.78 Å². The number of benzene rings is 3. The molecule has 0 amide bonds. The maximum Gasteiger partial charge on any atom is 0.201 e. The smallest absolute Gasteiger partial charge is 0.201 e. The summed E-state index contributed by atoms with van der Waals surface area (Å²) >= 11 is 5.85. The fourth-order valence-corrected chi connectivity index (χ4v) is 4.62. The Labute approximate surface area is 201 Å². The second-order valence-corrected chi connectivity index (χ2v) is 8.95. The highest BCUT2D eigenvalue weighted by molar-refractivity contribution is 6.31. The molecule has 6 heteroatoms. The van der Waals surface area contributed by atoms with Gasteiger partial charge in [-0.1, -0.05) is 54.1 Å². The molecule has 34 heavy (non-hydrogen) atoms. The zero-order valence-corrected chi connectivity index (χ0v) is 19.2. The maximum atomic E-state index is 14.6. The Bertz CT molecular complexity index is 1420. The molecule has 4 aromatic rings. The molecule has 0 bridgehead atoms. The van der Waals surface area contributed by atoms with Gasteiger partial charge in [0.15, 0.2) is 12.0 Å². The van der Waals surface area contributed by atoms with Crippen LogP contribution in [-0.2, 0) is 12.8 Å². The van der Waals surface area contributed by atoms with E-state index in [1.807, 2.05) is 43.3 Å². The van der Waals surface area contributed by atoms with E-state index in [1.54, 1.807) is 12.1 Å². The first-order valence-corrected chi connectivity index (χ1v) is 11.4. The molecule has 0 radical (unpaired) electrons. The van der Waals surface area contributed by atoms with Crippen molar-refractivity contribution < 1.29 is 13.5 Å². The zero-order chi connectivity index (χ0) is 23.8. The molecule has 2 heterocycles. The van der Waals surface area contributed by atoms with Crippen LogP contribution in [0.25, 0.3) is 11.1 Å². The van der Waals surface area contributed by atoms with Gasteiger partial charge in [0.25, 0.3) is 0 Å². The highest BCUT2D eigenvalue weighted by Crippen LogP contribution is 2.35. The number of halogens is 3. The summed E-state index contributed by atoms with van der Waals surface area (Å²) in [7, 11) is 0. The van der Waals surface area contributed by atoms with Crippen LogP contribution in [0.2, 0.25) is 5.02 Å². The lowest BCUT2D eigenvalue weighted by molar-refractivity contribution is -0.614. The van der Waals surface area contributed by atoms with Crippen molar-refractivity contribution in [3.63, 3.8) is 0 Å². The van der Waals surface area contributed by atoms with E-state index in [0.717, 1.165) is 40.2 Å². The van der Waals surface area contributed by atoms with Crippen LogP contribution in [0.4, 0.5) is 14.5 Å². The van der Waals surface area contributed by atoms with E-state index in [4.69, 9.17) is 16.6 Å². The largest absolute Gasteiger partial charge is 0.618 e. The van der Waals surface area contributed by atoms with E-state index in [0.29, 0.717) is 23.3 Å². The van der Waals surface area contributed by atoms with Crippen molar-refractivity contribution >= 4 is 23.0 Å². The third kappa shape index (κ3) is 4.19. The highest BCUT2D eigenvalue weighted by atomic mass is 35.5. The Morgan fingerprint density at radius 1 is 1.03 bits per heavy atom. The van der Waals surface area contributed by atoms with Crippen molar-refractivity contribution in [2.45, 2.75) is 25.7 Å². The van der Waals surface area contributed by atoms with Crippen molar-refractivity contribution in [2.75, 3.05) is 0 Å². The van der Waals surface area contributed by atoms with Gasteiger partial charge in [-0.05, 0) is 54.3 Å². The summed E-state index contributed by atoms with van der Waals surface area (Å²) in [6.07, 6.45) is 2.43. The lowest BCUT2D eigenvalue weighted by atomic mass is 9.88. The summed E-state index contributed by atoms with van der Waals surface area (Å²) in [4.78, 5) is 4.87. The van der Waals surface area contributed by atoms with E-state index in [1.165, 1.54) is 6.20 Å². The van der Waals surface area contributed by atoms with Crippen LogP contribution in [-0.4, -0.2) is 5.71 Å². The molecule has 0 saturated carbocycles. The van der Waals surface area contributed by atoms with Crippen LogP contribution in [0.1, 0.15) is 28.3 Å². The van der Waals surface area contributed by atoms with Gasteiger partial charge in [0.1, 0.15) is 5.82 Å². The molecule has 1 atom stereocenters. The topological polar surface area (TPSA) is 39.3 Å². The van der Waals surface area contributed by atoms with Gasteiger partial charge in [0.2, 0.25) is 5.69 Å². The van der Waals surface area contributed by atoms with E-state index >= 15 is 0 Å². The predicted octanol–water partition coefficient (Wildman–Crippen LogP) is 6.88. The number of aryl methyl sites for hydroxylation is 1. The van der Waals surface area contributed by atoms with Gasteiger partial charge < -0.3 is 5.21 Å². The monoisotopic (exact) mass is 474 g/mol. The molecule has 3 nitrogen and oxygen atoms in total. The van der Waals surface area contributed by atoms with Crippen molar-refractivity contribution in [3.8, 4) is 11.1 Å². The molecule has 3 aromatic carbocycles. The van der Waals surface area contributed by atoms with E-state index < -0.39 is 11.6 Å². The number of rotatable bonds is 5. The second-order valence-electron chi connectivity index (χ2n) is 8.54. The van der Waals surface area contributed by atoms with Crippen LogP contribution >= 0.6 is 11.6 Å². The average Bonchev–Trinajstić information content (AvgIpc) is 3.24. The van der Waals surface area contributed by atoms with E-state index in [9.17, 15) is 14.0 Å². The first-order chi connectivity index (χ1) is 16.4. The molecular weight excluding hydrogens is 454 g/mol. The van der Waals surface area contributed by atoms with Gasteiger partial charge in [-0.3, -0.25) is 4.99 Å². The maximum absolute atomic E-state index is 14.6. The Morgan fingerprint density at radius 3 is 2.59 bits per heavy atom. The first-order valence-electron chi connectivity index (χ1n) is 11.0. The molecule has 5 rings (SSSR count). The number of fused-ring (bicyclic) bond motifs is 1. The van der Waals surface area contributed by atoms with E-state index in [2.05, 4.69) is 12.1 Å². The van der Waals surface area contributed by atoms with E-state index in [-0.39, 0.29) is 22.1 Å². The Morgan fingerprint density at radius 2 is 1.82 bits per heavy atom. The predicted molar refractivity (Wildman–Crippen MR) is 131 cm³/mol. The molecule has 0 aliphatic carbocycles. The summed E-state index contributed by atoms with van der Waals surface area (Å²) in [5.74, 6) is -1.96. The minimum Gasteiger partial charge on any atom is -0.618 e. The number of hydrogen-bond donors (Lipinski definition) is 0. The molecule has 0 N–H and O–H groups in total. The van der Waals surface area contributed by atoms with Crippen molar-refractivity contribution in [2.24, 2.45) is 4.99 Å². The van der Waals surface area contributed by atoms with Gasteiger partial charge in [0.05, 0.1) is 27.8 Å². The zero-order valence-electron chi connectivity index (χ0n) is 18.4. The van der Waals surface area contributed by atoms with Crippen LogP contribution < -0.4 is 4.73 Å². The van der Waals surface area contributed by atoms with Crippen molar-refractivity contribution in [3.05, 3.63) is 123 Å². The number of pyridine rings is 1. The molecule has 1 aliphatic heterocycles. The Kier molecular flexibility index (Phi) is 5.88. The Hall–Kier alpha value is -3.57. The number of aromatic nitrogens is 1. The van der Waals surface area contributed by atoms with Gasteiger partial charge in [-0.2, -0.15) is 4.73 Å². The summed E-state index contributed by atoms with van der Waals surface area (Å²) in [5, 5.41) is 13.0. The highest BCUT2D eigenvalue weighted by Gasteiger charge is 2.30. The second kappa shape index (κ2) is 8.99. The van der Waals surface area contributed by atoms with Crippen LogP contribution in [0.5, 0.6) is 0 Å². The average molecular weight is 475 g/mol. The lowest BCUT2D eigenvalue weighted by Crippen LogP contribution is -2.36. The summed E-state index contributed by atoms with van der Waals surface area (Å²) < 4.78 is 29.6. The molecule has 0 fully saturated rings. The normalized spacial score (nSPS) is 13.5. The summed E-state index contributed by atoms with van der Waals surface area (Å²) in [5.41, 5.74) is 5.41.